The summed E-state index contributed by atoms with van der Waals surface area (Å²) in [6, 6.07) is 7.49. The van der Waals surface area contributed by atoms with Crippen LogP contribution in [0.2, 0.25) is 0 Å². The molecular formula is C21H34BrNO3. The number of benzene rings is 1. The first-order chi connectivity index (χ1) is 12.3. The molecule has 0 aliphatic rings. The molecule has 148 valence electrons. The van der Waals surface area contributed by atoms with Crippen molar-refractivity contribution in [2.45, 2.75) is 59.5 Å². The maximum absolute atomic E-state index is 13.2. The van der Waals surface area contributed by atoms with Crippen molar-refractivity contribution in [2.75, 3.05) is 23.9 Å². The summed E-state index contributed by atoms with van der Waals surface area (Å²) in [5.41, 5.74) is -0.0260. The van der Waals surface area contributed by atoms with Crippen LogP contribution in [0, 0.1) is 11.8 Å². The summed E-state index contributed by atoms with van der Waals surface area (Å²) in [6.45, 7) is 11.8. The van der Waals surface area contributed by atoms with Gasteiger partial charge < -0.3 is 14.8 Å². The first-order valence-corrected chi connectivity index (χ1v) is 10.7. The Bertz CT molecular complexity index is 519. The Morgan fingerprint density at radius 1 is 1.08 bits per heavy atom. The van der Waals surface area contributed by atoms with E-state index in [4.69, 9.17) is 9.47 Å². The van der Waals surface area contributed by atoms with Crippen molar-refractivity contribution in [2.24, 2.45) is 11.8 Å². The zero-order valence-corrected chi connectivity index (χ0v) is 18.4. The van der Waals surface area contributed by atoms with Crippen molar-refractivity contribution in [3.8, 4) is 5.75 Å². The molecule has 0 saturated carbocycles. The average molecular weight is 428 g/mol. The van der Waals surface area contributed by atoms with Gasteiger partial charge in [0.05, 0.1) is 6.61 Å². The minimum absolute atomic E-state index is 0.0533. The summed E-state index contributed by atoms with van der Waals surface area (Å²) >= 11 is 3.34. The van der Waals surface area contributed by atoms with E-state index in [1.165, 1.54) is 0 Å². The van der Waals surface area contributed by atoms with Gasteiger partial charge >= 0.3 is 0 Å². The minimum Gasteiger partial charge on any atom is -0.493 e. The van der Waals surface area contributed by atoms with Crippen LogP contribution in [0.25, 0.3) is 0 Å². The van der Waals surface area contributed by atoms with Gasteiger partial charge in [-0.1, -0.05) is 50.5 Å². The second-order valence-corrected chi connectivity index (χ2v) is 8.35. The van der Waals surface area contributed by atoms with Crippen LogP contribution in [0.15, 0.2) is 24.3 Å². The molecule has 0 atom stereocenters. The average Bonchev–Trinajstić information content (AvgIpc) is 2.58. The van der Waals surface area contributed by atoms with Gasteiger partial charge in [0.15, 0.2) is 0 Å². The maximum atomic E-state index is 13.2. The number of rotatable bonds is 12. The van der Waals surface area contributed by atoms with Crippen LogP contribution in [0.5, 0.6) is 5.75 Å². The van der Waals surface area contributed by atoms with Crippen LogP contribution < -0.4 is 10.1 Å². The van der Waals surface area contributed by atoms with E-state index in [1.807, 2.05) is 24.3 Å². The number of halogens is 1. The van der Waals surface area contributed by atoms with E-state index in [1.54, 1.807) is 0 Å². The second kappa shape index (κ2) is 11.6. The normalized spacial score (nSPS) is 11.8. The molecule has 0 saturated heterocycles. The van der Waals surface area contributed by atoms with Gasteiger partial charge in [0, 0.05) is 17.6 Å². The van der Waals surface area contributed by atoms with Crippen LogP contribution in [0.1, 0.15) is 53.9 Å². The predicted molar refractivity (Wildman–Crippen MR) is 112 cm³/mol. The summed E-state index contributed by atoms with van der Waals surface area (Å²) < 4.78 is 11.7. The van der Waals surface area contributed by atoms with E-state index >= 15 is 0 Å². The Morgan fingerprint density at radius 2 is 1.65 bits per heavy atom. The van der Waals surface area contributed by atoms with Crippen LogP contribution in [-0.4, -0.2) is 30.1 Å². The van der Waals surface area contributed by atoms with Crippen molar-refractivity contribution >= 4 is 27.5 Å². The number of alkyl halides is 1. The Kier molecular flexibility index (Phi) is 10.3. The zero-order valence-electron chi connectivity index (χ0n) is 16.8. The van der Waals surface area contributed by atoms with Crippen molar-refractivity contribution in [3.05, 3.63) is 24.3 Å². The van der Waals surface area contributed by atoms with Crippen molar-refractivity contribution in [1.29, 1.82) is 0 Å². The Morgan fingerprint density at radius 3 is 2.12 bits per heavy atom. The molecular weight excluding hydrogens is 394 g/mol. The highest BCUT2D eigenvalue weighted by molar-refractivity contribution is 9.09. The lowest BCUT2D eigenvalue weighted by atomic mass is 9.83. The van der Waals surface area contributed by atoms with Crippen LogP contribution in [0.4, 0.5) is 5.69 Å². The lowest BCUT2D eigenvalue weighted by Gasteiger charge is -2.35. The number of carbonyl (C=O) groups is 1. The van der Waals surface area contributed by atoms with Gasteiger partial charge in [0.25, 0.3) is 5.91 Å². The fourth-order valence-electron chi connectivity index (χ4n) is 3.10. The molecule has 0 heterocycles. The van der Waals surface area contributed by atoms with Gasteiger partial charge in [-0.15, -0.1) is 0 Å². The highest BCUT2D eigenvalue weighted by Crippen LogP contribution is 2.31. The lowest BCUT2D eigenvalue weighted by molar-refractivity contribution is -0.147. The molecule has 0 aliphatic carbocycles. The van der Waals surface area contributed by atoms with Crippen molar-refractivity contribution in [3.63, 3.8) is 0 Å². The Labute approximate surface area is 167 Å². The fraction of sp³-hybridized carbons (Fsp3) is 0.667. The minimum atomic E-state index is -0.788. The quantitative estimate of drug-likeness (QED) is 0.437. The molecule has 0 bridgehead atoms. The smallest absolute Gasteiger partial charge is 0.256 e. The maximum Gasteiger partial charge on any atom is 0.256 e. The monoisotopic (exact) mass is 427 g/mol. The number of hydrogen-bond donors (Lipinski definition) is 1. The van der Waals surface area contributed by atoms with Gasteiger partial charge in [0.2, 0.25) is 0 Å². The van der Waals surface area contributed by atoms with E-state index < -0.39 is 5.60 Å². The third-order valence-corrected chi connectivity index (χ3v) is 4.25. The highest BCUT2D eigenvalue weighted by atomic mass is 79.9. The molecule has 5 heteroatoms. The third kappa shape index (κ3) is 7.67. The Balaban J connectivity index is 2.95. The van der Waals surface area contributed by atoms with Crippen LogP contribution in [0.3, 0.4) is 0 Å². The molecule has 0 aliphatic heterocycles. The predicted octanol–water partition coefficient (Wildman–Crippen LogP) is 5.66. The van der Waals surface area contributed by atoms with Crippen molar-refractivity contribution in [1.82, 2.24) is 0 Å². The molecule has 26 heavy (non-hydrogen) atoms. The summed E-state index contributed by atoms with van der Waals surface area (Å²) in [7, 11) is 0. The number of carbonyl (C=O) groups excluding carboxylic acids is 1. The fourth-order valence-corrected chi connectivity index (χ4v) is 3.27. The zero-order chi connectivity index (χ0) is 19.6. The molecule has 0 unspecified atom stereocenters. The molecule has 1 rings (SSSR count). The Hall–Kier alpha value is -1.07. The second-order valence-electron chi connectivity index (χ2n) is 7.55. The molecule has 1 N–H and O–H groups in total. The number of ether oxygens (including phenoxy) is 2. The number of anilines is 1. The van der Waals surface area contributed by atoms with E-state index in [2.05, 4.69) is 55.9 Å². The molecule has 0 fully saturated rings. The van der Waals surface area contributed by atoms with Gasteiger partial charge in [-0.05, 0) is 55.4 Å². The third-order valence-electron chi connectivity index (χ3n) is 3.93. The topological polar surface area (TPSA) is 47.6 Å². The van der Waals surface area contributed by atoms with E-state index in [-0.39, 0.29) is 5.91 Å². The van der Waals surface area contributed by atoms with Gasteiger partial charge in [-0.2, -0.15) is 0 Å². The summed E-state index contributed by atoms with van der Waals surface area (Å²) in [5.74, 6) is 1.48. The highest BCUT2D eigenvalue weighted by Gasteiger charge is 2.40. The molecule has 0 radical (unpaired) electrons. The van der Waals surface area contributed by atoms with E-state index in [0.717, 1.165) is 23.2 Å². The van der Waals surface area contributed by atoms with Crippen LogP contribution in [-0.2, 0) is 9.53 Å². The largest absolute Gasteiger partial charge is 0.493 e. The molecule has 0 aromatic heterocycles. The van der Waals surface area contributed by atoms with Gasteiger partial charge in [-0.3, -0.25) is 4.79 Å². The van der Waals surface area contributed by atoms with Crippen molar-refractivity contribution < 1.29 is 14.3 Å². The standard InChI is InChI=1S/C21H34BrNO3/c1-6-12-26-21(14-16(2)3,15-17(4)5)20(24)23-18-7-9-19(10-8-18)25-13-11-22/h7-10,16-17H,6,11-15H2,1-5H3,(H,23,24). The molecule has 4 nitrogen and oxygen atoms in total. The first-order valence-electron chi connectivity index (χ1n) is 9.57. The summed E-state index contributed by atoms with van der Waals surface area (Å²) in [4.78, 5) is 13.2. The lowest BCUT2D eigenvalue weighted by Crippen LogP contribution is -2.47. The molecule has 0 spiro atoms. The first kappa shape index (κ1) is 23.0. The number of hydrogen-bond acceptors (Lipinski definition) is 3. The van der Waals surface area contributed by atoms with E-state index in [9.17, 15) is 4.79 Å². The number of nitrogens with one attached hydrogen (secondary N) is 1. The molecule has 1 aromatic carbocycles. The van der Waals surface area contributed by atoms with Crippen LogP contribution >= 0.6 is 15.9 Å². The number of amides is 1. The molecule has 1 aromatic rings. The summed E-state index contributed by atoms with van der Waals surface area (Å²) in [6.07, 6.45) is 2.32. The van der Waals surface area contributed by atoms with Gasteiger partial charge in [0.1, 0.15) is 11.4 Å². The SMILES string of the molecule is CCCOC(CC(C)C)(CC(C)C)C(=O)Nc1ccc(OCCBr)cc1. The van der Waals surface area contributed by atoms with E-state index in [0.29, 0.717) is 37.9 Å². The van der Waals surface area contributed by atoms with Gasteiger partial charge in [-0.25, -0.2) is 0 Å². The summed E-state index contributed by atoms with van der Waals surface area (Å²) in [5, 5.41) is 3.84. The molecule has 1 amide bonds.